The standard InChI is InChI=1S/C18H20/c1-14(2)15-10-12-17(13-11-15)18(3,4)16-8-6-5-7-9-16/h5-13H,1H2,2-4H3. The summed E-state index contributed by atoms with van der Waals surface area (Å²) >= 11 is 0. The van der Waals surface area contributed by atoms with Crippen molar-refractivity contribution >= 4 is 5.57 Å². The van der Waals surface area contributed by atoms with Gasteiger partial charge in [-0.1, -0.05) is 80.6 Å². The van der Waals surface area contributed by atoms with E-state index in [9.17, 15) is 0 Å². The monoisotopic (exact) mass is 236 g/mol. The van der Waals surface area contributed by atoms with E-state index >= 15 is 0 Å². The lowest BCUT2D eigenvalue weighted by Gasteiger charge is -2.26. The van der Waals surface area contributed by atoms with Crippen LogP contribution in [0.15, 0.2) is 61.2 Å². The summed E-state index contributed by atoms with van der Waals surface area (Å²) in [7, 11) is 0. The maximum absolute atomic E-state index is 3.98. The third-order valence-corrected chi connectivity index (χ3v) is 3.59. The van der Waals surface area contributed by atoms with Gasteiger partial charge in [0.15, 0.2) is 0 Å². The SMILES string of the molecule is C=C(C)c1ccc(C(C)(C)c2ccccc2)cc1. The molecule has 0 spiro atoms. The van der Waals surface area contributed by atoms with E-state index in [4.69, 9.17) is 0 Å². The highest BCUT2D eigenvalue weighted by molar-refractivity contribution is 5.61. The molecule has 0 radical (unpaired) electrons. The lowest BCUT2D eigenvalue weighted by atomic mass is 9.78. The molecule has 0 aromatic heterocycles. The molecule has 0 fully saturated rings. The summed E-state index contributed by atoms with van der Waals surface area (Å²) in [6.07, 6.45) is 0. The van der Waals surface area contributed by atoms with E-state index in [2.05, 4.69) is 75.0 Å². The van der Waals surface area contributed by atoms with Crippen molar-refractivity contribution in [2.24, 2.45) is 0 Å². The summed E-state index contributed by atoms with van der Waals surface area (Å²) in [5, 5.41) is 0. The van der Waals surface area contributed by atoms with E-state index in [1.54, 1.807) is 0 Å². The van der Waals surface area contributed by atoms with Crippen LogP contribution in [-0.2, 0) is 5.41 Å². The van der Waals surface area contributed by atoms with Crippen LogP contribution in [0.1, 0.15) is 37.5 Å². The topological polar surface area (TPSA) is 0 Å². The predicted molar refractivity (Wildman–Crippen MR) is 79.7 cm³/mol. The van der Waals surface area contributed by atoms with Crippen LogP contribution in [0.4, 0.5) is 0 Å². The lowest BCUT2D eigenvalue weighted by molar-refractivity contribution is 0.641. The van der Waals surface area contributed by atoms with Crippen LogP contribution in [0.5, 0.6) is 0 Å². The molecule has 0 atom stereocenters. The van der Waals surface area contributed by atoms with Gasteiger partial charge in [-0.15, -0.1) is 0 Å². The van der Waals surface area contributed by atoms with E-state index in [-0.39, 0.29) is 5.41 Å². The van der Waals surface area contributed by atoms with Crippen LogP contribution in [-0.4, -0.2) is 0 Å². The molecule has 2 rings (SSSR count). The Morgan fingerprint density at radius 2 is 1.33 bits per heavy atom. The van der Waals surface area contributed by atoms with E-state index < -0.39 is 0 Å². The van der Waals surface area contributed by atoms with Gasteiger partial charge in [0.05, 0.1) is 0 Å². The van der Waals surface area contributed by atoms with Gasteiger partial charge in [0.2, 0.25) is 0 Å². The first-order valence-corrected chi connectivity index (χ1v) is 6.34. The fraction of sp³-hybridized carbons (Fsp3) is 0.222. The lowest BCUT2D eigenvalue weighted by Crippen LogP contribution is -2.18. The predicted octanol–water partition coefficient (Wildman–Crippen LogP) is 5.05. The van der Waals surface area contributed by atoms with Gasteiger partial charge in [-0.05, 0) is 23.6 Å². The Labute approximate surface area is 110 Å². The molecule has 0 saturated carbocycles. The first kappa shape index (κ1) is 12.6. The Balaban J connectivity index is 2.39. The maximum atomic E-state index is 3.98. The Kier molecular flexibility index (Phi) is 3.38. The zero-order valence-corrected chi connectivity index (χ0v) is 11.4. The molecule has 2 aromatic rings. The van der Waals surface area contributed by atoms with Crippen molar-refractivity contribution in [1.82, 2.24) is 0 Å². The molecule has 0 N–H and O–H groups in total. The van der Waals surface area contributed by atoms with Gasteiger partial charge in [0, 0.05) is 5.41 Å². The van der Waals surface area contributed by atoms with Gasteiger partial charge in [-0.3, -0.25) is 0 Å². The minimum atomic E-state index is 0.0366. The highest BCUT2D eigenvalue weighted by atomic mass is 14.3. The number of benzene rings is 2. The molecule has 0 amide bonds. The quantitative estimate of drug-likeness (QED) is 0.700. The van der Waals surface area contributed by atoms with Crippen molar-refractivity contribution in [2.45, 2.75) is 26.2 Å². The molecule has 0 nitrogen and oxygen atoms in total. The van der Waals surface area contributed by atoms with Crippen LogP contribution < -0.4 is 0 Å². The van der Waals surface area contributed by atoms with Gasteiger partial charge < -0.3 is 0 Å². The number of hydrogen-bond donors (Lipinski definition) is 0. The van der Waals surface area contributed by atoms with E-state index in [1.165, 1.54) is 16.7 Å². The Morgan fingerprint density at radius 1 is 0.833 bits per heavy atom. The largest absolute Gasteiger partial charge is 0.0955 e. The first-order chi connectivity index (χ1) is 8.51. The first-order valence-electron chi connectivity index (χ1n) is 6.34. The molecule has 0 heterocycles. The minimum Gasteiger partial charge on any atom is -0.0955 e. The highest BCUT2D eigenvalue weighted by Crippen LogP contribution is 2.31. The molecule has 0 aliphatic carbocycles. The Hall–Kier alpha value is -1.82. The van der Waals surface area contributed by atoms with Crippen molar-refractivity contribution in [1.29, 1.82) is 0 Å². The van der Waals surface area contributed by atoms with Gasteiger partial charge in [-0.25, -0.2) is 0 Å². The van der Waals surface area contributed by atoms with Crippen LogP contribution in [0, 0.1) is 0 Å². The van der Waals surface area contributed by atoms with Gasteiger partial charge in [-0.2, -0.15) is 0 Å². The molecule has 0 heteroatoms. The van der Waals surface area contributed by atoms with Crippen LogP contribution >= 0.6 is 0 Å². The number of allylic oxidation sites excluding steroid dienone is 1. The van der Waals surface area contributed by atoms with Gasteiger partial charge in [0.25, 0.3) is 0 Å². The Bertz CT molecular complexity index is 530. The fourth-order valence-corrected chi connectivity index (χ4v) is 2.19. The Morgan fingerprint density at radius 3 is 1.83 bits per heavy atom. The summed E-state index contributed by atoms with van der Waals surface area (Å²) in [4.78, 5) is 0. The second-order valence-corrected chi connectivity index (χ2v) is 5.35. The third kappa shape index (κ3) is 2.38. The van der Waals surface area contributed by atoms with Crippen LogP contribution in [0.3, 0.4) is 0 Å². The molecule has 92 valence electrons. The second-order valence-electron chi connectivity index (χ2n) is 5.35. The molecule has 2 aromatic carbocycles. The third-order valence-electron chi connectivity index (χ3n) is 3.59. The molecule has 0 bridgehead atoms. The average Bonchev–Trinajstić information content (AvgIpc) is 2.40. The van der Waals surface area contributed by atoms with Gasteiger partial charge >= 0.3 is 0 Å². The number of rotatable bonds is 3. The van der Waals surface area contributed by atoms with Crippen LogP contribution in [0.2, 0.25) is 0 Å². The smallest absolute Gasteiger partial charge is 0.0146 e. The molecule has 18 heavy (non-hydrogen) atoms. The van der Waals surface area contributed by atoms with Crippen molar-refractivity contribution in [3.05, 3.63) is 77.9 Å². The van der Waals surface area contributed by atoms with E-state index in [1.807, 2.05) is 6.92 Å². The molecule has 0 saturated heterocycles. The zero-order valence-electron chi connectivity index (χ0n) is 11.4. The zero-order chi connectivity index (χ0) is 13.2. The normalized spacial score (nSPS) is 11.3. The van der Waals surface area contributed by atoms with Crippen molar-refractivity contribution in [3.8, 4) is 0 Å². The maximum Gasteiger partial charge on any atom is 0.0146 e. The number of hydrogen-bond acceptors (Lipinski definition) is 0. The second kappa shape index (κ2) is 4.81. The summed E-state index contributed by atoms with van der Waals surface area (Å²) < 4.78 is 0. The molecular formula is C18H20. The van der Waals surface area contributed by atoms with Crippen LogP contribution in [0.25, 0.3) is 5.57 Å². The minimum absolute atomic E-state index is 0.0366. The molecule has 0 aliphatic rings. The van der Waals surface area contributed by atoms with E-state index in [0.29, 0.717) is 0 Å². The molecular weight excluding hydrogens is 216 g/mol. The summed E-state index contributed by atoms with van der Waals surface area (Å²) in [5.74, 6) is 0. The molecule has 0 aliphatic heterocycles. The summed E-state index contributed by atoms with van der Waals surface area (Å²) in [6, 6.07) is 19.3. The van der Waals surface area contributed by atoms with E-state index in [0.717, 1.165) is 5.57 Å². The fourth-order valence-electron chi connectivity index (χ4n) is 2.19. The highest BCUT2D eigenvalue weighted by Gasteiger charge is 2.22. The summed E-state index contributed by atoms with van der Waals surface area (Å²) in [6.45, 7) is 10.5. The van der Waals surface area contributed by atoms with Gasteiger partial charge in [0.1, 0.15) is 0 Å². The van der Waals surface area contributed by atoms with Crippen molar-refractivity contribution < 1.29 is 0 Å². The van der Waals surface area contributed by atoms with Crippen molar-refractivity contribution in [2.75, 3.05) is 0 Å². The average molecular weight is 236 g/mol. The summed E-state index contributed by atoms with van der Waals surface area (Å²) in [5.41, 5.74) is 5.03. The van der Waals surface area contributed by atoms with Crippen molar-refractivity contribution in [3.63, 3.8) is 0 Å². The molecule has 0 unspecified atom stereocenters.